The summed E-state index contributed by atoms with van der Waals surface area (Å²) in [5, 5.41) is 13.2. The SMILES string of the molecule is CCN(CC)CCNC1(CO)CCCN(C)C1. The molecule has 1 rings (SSSR count). The zero-order valence-electron chi connectivity index (χ0n) is 11.7. The summed E-state index contributed by atoms with van der Waals surface area (Å²) in [5.41, 5.74) is -0.0693. The predicted octanol–water partition coefficient (Wildman–Crippen LogP) is 0.375. The molecule has 17 heavy (non-hydrogen) atoms. The zero-order chi connectivity index (χ0) is 12.7. The van der Waals surface area contributed by atoms with Crippen LogP contribution >= 0.6 is 0 Å². The Balaban J connectivity index is 2.35. The van der Waals surface area contributed by atoms with E-state index in [2.05, 4.69) is 36.0 Å². The van der Waals surface area contributed by atoms with Crippen LogP contribution in [0, 0.1) is 0 Å². The molecule has 0 radical (unpaired) electrons. The Morgan fingerprint density at radius 3 is 2.59 bits per heavy atom. The number of nitrogens with zero attached hydrogens (tertiary/aromatic N) is 2. The van der Waals surface area contributed by atoms with Gasteiger partial charge in [0, 0.05) is 19.6 Å². The fraction of sp³-hybridized carbons (Fsp3) is 1.00. The second kappa shape index (κ2) is 7.31. The Kier molecular flexibility index (Phi) is 6.41. The third-order valence-electron chi connectivity index (χ3n) is 3.89. The first kappa shape index (κ1) is 14.9. The summed E-state index contributed by atoms with van der Waals surface area (Å²) in [6, 6.07) is 0. The maximum absolute atomic E-state index is 9.64. The van der Waals surface area contributed by atoms with E-state index in [1.165, 1.54) is 6.42 Å². The molecule has 4 heteroatoms. The molecule has 1 fully saturated rings. The number of piperidine rings is 1. The van der Waals surface area contributed by atoms with Crippen molar-refractivity contribution in [3.8, 4) is 0 Å². The van der Waals surface area contributed by atoms with Gasteiger partial charge in [-0.3, -0.25) is 0 Å². The topological polar surface area (TPSA) is 38.7 Å². The van der Waals surface area contributed by atoms with Crippen LogP contribution in [0.5, 0.6) is 0 Å². The molecule has 1 heterocycles. The minimum atomic E-state index is -0.0693. The highest BCUT2D eigenvalue weighted by Crippen LogP contribution is 2.19. The lowest BCUT2D eigenvalue weighted by Gasteiger charge is -2.41. The number of likely N-dealkylation sites (N-methyl/N-ethyl adjacent to an activating group) is 2. The number of likely N-dealkylation sites (tertiary alicyclic amines) is 1. The van der Waals surface area contributed by atoms with Crippen molar-refractivity contribution in [2.24, 2.45) is 0 Å². The van der Waals surface area contributed by atoms with Gasteiger partial charge in [-0.25, -0.2) is 0 Å². The highest BCUT2D eigenvalue weighted by atomic mass is 16.3. The molecule has 1 aliphatic heterocycles. The van der Waals surface area contributed by atoms with Gasteiger partial charge in [0.25, 0.3) is 0 Å². The molecule has 1 atom stereocenters. The molecule has 0 aliphatic carbocycles. The summed E-state index contributed by atoms with van der Waals surface area (Å²) in [7, 11) is 2.13. The molecular formula is C13H29N3O. The minimum Gasteiger partial charge on any atom is -0.394 e. The molecule has 0 bridgehead atoms. The van der Waals surface area contributed by atoms with E-state index in [1.54, 1.807) is 0 Å². The van der Waals surface area contributed by atoms with E-state index in [-0.39, 0.29) is 12.1 Å². The molecule has 0 saturated carbocycles. The molecule has 4 nitrogen and oxygen atoms in total. The van der Waals surface area contributed by atoms with Crippen LogP contribution in [0.2, 0.25) is 0 Å². The lowest BCUT2D eigenvalue weighted by molar-refractivity contribution is 0.0779. The van der Waals surface area contributed by atoms with Gasteiger partial charge in [0.05, 0.1) is 12.1 Å². The van der Waals surface area contributed by atoms with Crippen LogP contribution in [0.4, 0.5) is 0 Å². The average Bonchev–Trinajstić information content (AvgIpc) is 2.35. The van der Waals surface area contributed by atoms with Gasteiger partial charge in [-0.15, -0.1) is 0 Å². The van der Waals surface area contributed by atoms with E-state index in [0.29, 0.717) is 0 Å². The third-order valence-corrected chi connectivity index (χ3v) is 3.89. The van der Waals surface area contributed by atoms with E-state index in [4.69, 9.17) is 0 Å². The highest BCUT2D eigenvalue weighted by molar-refractivity contribution is 4.93. The number of aliphatic hydroxyl groups excluding tert-OH is 1. The lowest BCUT2D eigenvalue weighted by Crippen LogP contribution is -2.59. The van der Waals surface area contributed by atoms with Gasteiger partial charge in [0.1, 0.15) is 0 Å². The van der Waals surface area contributed by atoms with Crippen molar-refractivity contribution in [1.82, 2.24) is 15.1 Å². The first-order valence-electron chi connectivity index (χ1n) is 6.92. The normalized spacial score (nSPS) is 26.6. The van der Waals surface area contributed by atoms with Gasteiger partial charge in [-0.05, 0) is 39.5 Å². The molecule has 102 valence electrons. The molecule has 2 N–H and O–H groups in total. The van der Waals surface area contributed by atoms with Gasteiger partial charge in [0.15, 0.2) is 0 Å². The Labute approximate surface area is 106 Å². The first-order valence-corrected chi connectivity index (χ1v) is 6.92. The second-order valence-electron chi connectivity index (χ2n) is 5.23. The van der Waals surface area contributed by atoms with Crippen molar-refractivity contribution in [2.45, 2.75) is 32.2 Å². The maximum atomic E-state index is 9.64. The van der Waals surface area contributed by atoms with Crippen LogP contribution < -0.4 is 5.32 Å². The quantitative estimate of drug-likeness (QED) is 0.678. The smallest absolute Gasteiger partial charge is 0.0625 e. The summed E-state index contributed by atoms with van der Waals surface area (Å²) >= 11 is 0. The fourth-order valence-corrected chi connectivity index (χ4v) is 2.71. The summed E-state index contributed by atoms with van der Waals surface area (Å²) in [6.45, 7) is 11.0. The summed E-state index contributed by atoms with van der Waals surface area (Å²) in [5.74, 6) is 0. The van der Waals surface area contributed by atoms with E-state index in [9.17, 15) is 5.11 Å². The van der Waals surface area contributed by atoms with Crippen molar-refractivity contribution < 1.29 is 5.11 Å². The third kappa shape index (κ3) is 4.54. The standard InChI is InChI=1S/C13H29N3O/c1-4-16(5-2)10-8-14-13(12-17)7-6-9-15(3)11-13/h14,17H,4-12H2,1-3H3. The predicted molar refractivity (Wildman–Crippen MR) is 72.3 cm³/mol. The Bertz CT molecular complexity index is 209. The molecular weight excluding hydrogens is 214 g/mol. The number of hydrogen-bond acceptors (Lipinski definition) is 4. The molecule has 0 amide bonds. The van der Waals surface area contributed by atoms with Crippen molar-refractivity contribution >= 4 is 0 Å². The Morgan fingerprint density at radius 2 is 2.06 bits per heavy atom. The largest absolute Gasteiger partial charge is 0.394 e. The fourth-order valence-electron chi connectivity index (χ4n) is 2.71. The number of nitrogens with one attached hydrogen (secondary N) is 1. The van der Waals surface area contributed by atoms with Crippen LogP contribution in [0.1, 0.15) is 26.7 Å². The average molecular weight is 243 g/mol. The van der Waals surface area contributed by atoms with Gasteiger partial charge >= 0.3 is 0 Å². The van der Waals surface area contributed by atoms with Crippen LogP contribution in [0.15, 0.2) is 0 Å². The van der Waals surface area contributed by atoms with Crippen LogP contribution in [-0.2, 0) is 0 Å². The van der Waals surface area contributed by atoms with Crippen molar-refractivity contribution in [3.05, 3.63) is 0 Å². The molecule has 0 spiro atoms. The number of hydrogen-bond donors (Lipinski definition) is 2. The monoisotopic (exact) mass is 243 g/mol. The van der Waals surface area contributed by atoms with Crippen LogP contribution in [0.25, 0.3) is 0 Å². The number of rotatable bonds is 7. The zero-order valence-corrected chi connectivity index (χ0v) is 11.7. The first-order chi connectivity index (χ1) is 8.15. The van der Waals surface area contributed by atoms with E-state index < -0.39 is 0 Å². The van der Waals surface area contributed by atoms with Crippen molar-refractivity contribution in [1.29, 1.82) is 0 Å². The van der Waals surface area contributed by atoms with E-state index in [0.717, 1.165) is 45.7 Å². The summed E-state index contributed by atoms with van der Waals surface area (Å²) in [6.07, 6.45) is 2.27. The molecule has 0 aromatic heterocycles. The van der Waals surface area contributed by atoms with Gasteiger partial charge < -0.3 is 20.2 Å². The summed E-state index contributed by atoms with van der Waals surface area (Å²) < 4.78 is 0. The lowest BCUT2D eigenvalue weighted by atomic mass is 9.90. The van der Waals surface area contributed by atoms with Crippen molar-refractivity contribution in [2.75, 3.05) is 52.9 Å². The van der Waals surface area contributed by atoms with Gasteiger partial charge in [-0.1, -0.05) is 13.8 Å². The van der Waals surface area contributed by atoms with Crippen LogP contribution in [0.3, 0.4) is 0 Å². The molecule has 1 saturated heterocycles. The molecule has 0 aromatic rings. The number of aliphatic hydroxyl groups is 1. The van der Waals surface area contributed by atoms with Crippen LogP contribution in [-0.4, -0.2) is 73.4 Å². The molecule has 1 unspecified atom stereocenters. The van der Waals surface area contributed by atoms with Gasteiger partial charge in [0.2, 0.25) is 0 Å². The second-order valence-corrected chi connectivity index (χ2v) is 5.23. The Morgan fingerprint density at radius 1 is 1.35 bits per heavy atom. The van der Waals surface area contributed by atoms with Gasteiger partial charge in [-0.2, -0.15) is 0 Å². The maximum Gasteiger partial charge on any atom is 0.0625 e. The Hall–Kier alpha value is -0.160. The van der Waals surface area contributed by atoms with E-state index >= 15 is 0 Å². The molecule has 1 aliphatic rings. The minimum absolute atomic E-state index is 0.0693. The van der Waals surface area contributed by atoms with E-state index in [1.807, 2.05) is 0 Å². The molecule has 0 aromatic carbocycles. The summed E-state index contributed by atoms with van der Waals surface area (Å²) in [4.78, 5) is 4.72. The van der Waals surface area contributed by atoms with Crippen molar-refractivity contribution in [3.63, 3.8) is 0 Å². The highest BCUT2D eigenvalue weighted by Gasteiger charge is 2.32.